The van der Waals surface area contributed by atoms with Gasteiger partial charge >= 0.3 is 5.97 Å². The molecule has 2 atom stereocenters. The Hall–Kier alpha value is -1.94. The Morgan fingerprint density at radius 1 is 1.44 bits per heavy atom. The van der Waals surface area contributed by atoms with Gasteiger partial charge in [0.1, 0.15) is 10.8 Å². The first-order valence-corrected chi connectivity index (χ1v) is 10.0. The molecule has 0 saturated carbocycles. The van der Waals surface area contributed by atoms with Crippen molar-refractivity contribution in [2.24, 2.45) is 0 Å². The number of sulfonamides is 1. The topological polar surface area (TPSA) is 108 Å². The fourth-order valence-corrected chi connectivity index (χ4v) is 4.55. The number of hydrogen-bond donors (Lipinski definition) is 3. The van der Waals surface area contributed by atoms with Crippen molar-refractivity contribution >= 4 is 27.6 Å². The molecule has 0 aliphatic heterocycles. The van der Waals surface area contributed by atoms with Crippen molar-refractivity contribution in [1.29, 1.82) is 0 Å². The first-order chi connectivity index (χ1) is 12.6. The van der Waals surface area contributed by atoms with Crippen LogP contribution in [-0.2, 0) is 21.2 Å². The molecule has 0 amide bonds. The highest BCUT2D eigenvalue weighted by Crippen LogP contribution is 2.35. The molecule has 7 nitrogen and oxygen atoms in total. The monoisotopic (exact) mass is 416 g/mol. The first kappa shape index (κ1) is 19.8. The molecular weight excluding hydrogens is 399 g/mol. The van der Waals surface area contributed by atoms with Gasteiger partial charge in [-0.1, -0.05) is 11.6 Å². The van der Waals surface area contributed by atoms with Gasteiger partial charge in [-0.05, 0) is 49.6 Å². The smallest absolute Gasteiger partial charge is 0.339 e. The summed E-state index contributed by atoms with van der Waals surface area (Å²) >= 11 is 5.74. The highest BCUT2D eigenvalue weighted by atomic mass is 35.5. The lowest BCUT2D eigenvalue weighted by atomic mass is 10.1. The van der Waals surface area contributed by atoms with Gasteiger partial charge in [-0.15, -0.1) is 0 Å². The van der Waals surface area contributed by atoms with Crippen molar-refractivity contribution in [2.45, 2.75) is 37.4 Å². The Kier molecular flexibility index (Phi) is 5.31. The molecule has 2 aromatic rings. The van der Waals surface area contributed by atoms with E-state index in [1.807, 2.05) is 0 Å². The van der Waals surface area contributed by atoms with Gasteiger partial charge in [0.05, 0.1) is 29.3 Å². The molecule has 0 fully saturated rings. The molecule has 0 bridgehead atoms. The molecule has 0 unspecified atom stereocenters. The van der Waals surface area contributed by atoms with Gasteiger partial charge in [-0.2, -0.15) is 0 Å². The number of aliphatic hydroxyl groups is 1. The van der Waals surface area contributed by atoms with Crippen molar-refractivity contribution < 1.29 is 27.4 Å². The molecule has 146 valence electrons. The zero-order valence-corrected chi connectivity index (χ0v) is 16.1. The molecule has 0 radical (unpaired) electrons. The summed E-state index contributed by atoms with van der Waals surface area (Å²) in [5, 5.41) is 10.0. The van der Waals surface area contributed by atoms with Crippen LogP contribution in [0.5, 0.6) is 0 Å². The standard InChI is InChI=1S/C17H18ClFN2O5S/c1-3-26-17(23)10-7-15(20-8(10)2)27(24,25)21-14-5-9-4-13(19)12(18)6-11(9)16(14)22/h4,6-7,14,16,20-22H,3,5H2,1-2H3/t14-,16-/m0/s1. The highest BCUT2D eigenvalue weighted by Gasteiger charge is 2.36. The van der Waals surface area contributed by atoms with Crippen molar-refractivity contribution in [2.75, 3.05) is 6.61 Å². The van der Waals surface area contributed by atoms with E-state index in [1.165, 1.54) is 18.2 Å². The van der Waals surface area contributed by atoms with Crippen molar-refractivity contribution in [3.63, 3.8) is 0 Å². The number of H-pyrrole nitrogens is 1. The normalized spacial score (nSPS) is 19.1. The number of aromatic nitrogens is 1. The number of halogens is 2. The maximum absolute atomic E-state index is 13.6. The number of rotatable bonds is 5. The molecule has 1 heterocycles. The summed E-state index contributed by atoms with van der Waals surface area (Å²) < 4.78 is 46.2. The molecule has 27 heavy (non-hydrogen) atoms. The Balaban J connectivity index is 1.84. The van der Waals surface area contributed by atoms with Gasteiger partial charge in [-0.3, -0.25) is 0 Å². The molecule has 1 aliphatic rings. The molecule has 3 rings (SSSR count). The van der Waals surface area contributed by atoms with Crippen molar-refractivity contribution in [1.82, 2.24) is 9.71 Å². The van der Waals surface area contributed by atoms with E-state index in [2.05, 4.69) is 9.71 Å². The minimum atomic E-state index is -4.06. The summed E-state index contributed by atoms with van der Waals surface area (Å²) in [5.74, 6) is -1.27. The van der Waals surface area contributed by atoms with Crippen LogP contribution in [0.3, 0.4) is 0 Å². The number of nitrogens with one attached hydrogen (secondary N) is 2. The van der Waals surface area contributed by atoms with Crippen molar-refractivity contribution in [3.8, 4) is 0 Å². The summed E-state index contributed by atoms with van der Waals surface area (Å²) in [5.41, 5.74) is 1.32. The third-order valence-corrected chi connectivity index (χ3v) is 6.10. The summed E-state index contributed by atoms with van der Waals surface area (Å²) in [6, 6.07) is 2.77. The number of carbonyl (C=O) groups excluding carboxylic acids is 1. The zero-order valence-electron chi connectivity index (χ0n) is 14.5. The SMILES string of the molecule is CCOC(=O)c1cc(S(=O)(=O)N[C@H]2Cc3cc(F)c(Cl)cc3[C@@H]2O)[nH]c1C. The molecule has 0 saturated heterocycles. The molecule has 1 aliphatic carbocycles. The lowest BCUT2D eigenvalue weighted by Gasteiger charge is -2.16. The van der Waals surface area contributed by atoms with E-state index >= 15 is 0 Å². The number of hydrogen-bond acceptors (Lipinski definition) is 5. The number of aryl methyl sites for hydroxylation is 1. The van der Waals surface area contributed by atoms with Gasteiger partial charge in [0, 0.05) is 5.69 Å². The van der Waals surface area contributed by atoms with Crippen LogP contribution in [0.25, 0.3) is 0 Å². The maximum atomic E-state index is 13.6. The van der Waals surface area contributed by atoms with E-state index in [-0.39, 0.29) is 28.6 Å². The zero-order chi connectivity index (χ0) is 19.9. The lowest BCUT2D eigenvalue weighted by molar-refractivity contribution is 0.0525. The second kappa shape index (κ2) is 7.23. The number of benzene rings is 1. The second-order valence-electron chi connectivity index (χ2n) is 6.23. The van der Waals surface area contributed by atoms with Gasteiger partial charge in [0.2, 0.25) is 0 Å². The average Bonchev–Trinajstić information content (AvgIpc) is 3.11. The van der Waals surface area contributed by atoms with Crippen LogP contribution in [0.2, 0.25) is 5.02 Å². The molecule has 10 heteroatoms. The third kappa shape index (κ3) is 3.73. The van der Waals surface area contributed by atoms with Crippen LogP contribution in [0.1, 0.15) is 40.2 Å². The Labute approximate surface area is 160 Å². The van der Waals surface area contributed by atoms with Crippen LogP contribution in [0, 0.1) is 12.7 Å². The van der Waals surface area contributed by atoms with Crippen LogP contribution in [0.4, 0.5) is 4.39 Å². The summed E-state index contributed by atoms with van der Waals surface area (Å²) in [6.45, 7) is 3.36. The van der Waals surface area contributed by atoms with E-state index in [9.17, 15) is 22.7 Å². The maximum Gasteiger partial charge on any atom is 0.339 e. The molecule has 1 aromatic heterocycles. The Bertz CT molecular complexity index is 1000. The minimum absolute atomic E-state index is 0.105. The van der Waals surface area contributed by atoms with Gasteiger partial charge < -0.3 is 14.8 Å². The minimum Gasteiger partial charge on any atom is -0.462 e. The molecule has 0 spiro atoms. The number of esters is 1. The van der Waals surface area contributed by atoms with Gasteiger partial charge in [0.25, 0.3) is 10.0 Å². The highest BCUT2D eigenvalue weighted by molar-refractivity contribution is 7.89. The van der Waals surface area contributed by atoms with E-state index < -0.39 is 34.0 Å². The number of carbonyl (C=O) groups is 1. The van der Waals surface area contributed by atoms with E-state index in [0.29, 0.717) is 16.8 Å². The fraction of sp³-hybridized carbons (Fsp3) is 0.353. The van der Waals surface area contributed by atoms with Crippen molar-refractivity contribution in [3.05, 3.63) is 51.4 Å². The van der Waals surface area contributed by atoms with Gasteiger partial charge in [-0.25, -0.2) is 22.3 Å². The second-order valence-corrected chi connectivity index (χ2v) is 8.32. The largest absolute Gasteiger partial charge is 0.462 e. The fourth-order valence-electron chi connectivity index (χ4n) is 3.08. The quantitative estimate of drug-likeness (QED) is 0.648. The Morgan fingerprint density at radius 3 is 2.81 bits per heavy atom. The van der Waals surface area contributed by atoms with E-state index in [1.54, 1.807) is 13.8 Å². The Morgan fingerprint density at radius 2 is 2.15 bits per heavy atom. The number of aromatic amines is 1. The summed E-state index contributed by atoms with van der Waals surface area (Å²) in [4.78, 5) is 14.5. The van der Waals surface area contributed by atoms with E-state index in [0.717, 1.165) is 0 Å². The lowest BCUT2D eigenvalue weighted by Crippen LogP contribution is -2.37. The summed E-state index contributed by atoms with van der Waals surface area (Å²) in [6.07, 6.45) is -1.07. The average molecular weight is 417 g/mol. The molecule has 3 N–H and O–H groups in total. The van der Waals surface area contributed by atoms with E-state index in [4.69, 9.17) is 16.3 Å². The number of ether oxygens (including phenoxy) is 1. The van der Waals surface area contributed by atoms with Crippen LogP contribution in [-0.4, -0.2) is 37.1 Å². The first-order valence-electron chi connectivity index (χ1n) is 8.19. The third-order valence-electron chi connectivity index (χ3n) is 4.40. The molecular formula is C17H18ClFN2O5S. The number of aliphatic hydroxyl groups excluding tert-OH is 1. The number of fused-ring (bicyclic) bond motifs is 1. The predicted octanol–water partition coefficient (Wildman–Crippen LogP) is 2.23. The van der Waals surface area contributed by atoms with Crippen LogP contribution in [0.15, 0.2) is 23.2 Å². The van der Waals surface area contributed by atoms with Gasteiger partial charge in [0.15, 0.2) is 0 Å². The summed E-state index contributed by atoms with van der Waals surface area (Å²) in [7, 11) is -4.06. The molecule has 1 aromatic carbocycles. The van der Waals surface area contributed by atoms with Crippen LogP contribution >= 0.6 is 11.6 Å². The van der Waals surface area contributed by atoms with Crippen LogP contribution < -0.4 is 4.72 Å². The predicted molar refractivity (Wildman–Crippen MR) is 95.7 cm³/mol.